The molecule has 0 aliphatic rings. The van der Waals surface area contributed by atoms with Gasteiger partial charge in [-0.1, -0.05) is 60.7 Å². The van der Waals surface area contributed by atoms with Gasteiger partial charge in [0.2, 0.25) is 0 Å². The number of aromatic nitrogens is 2. The minimum absolute atomic E-state index is 0.338. The van der Waals surface area contributed by atoms with Crippen molar-refractivity contribution >= 4 is 27.4 Å². The summed E-state index contributed by atoms with van der Waals surface area (Å²) in [6.07, 6.45) is -0.629. The van der Waals surface area contributed by atoms with Crippen LogP contribution < -0.4 is 5.32 Å². The molecule has 0 saturated heterocycles. The third-order valence-corrected chi connectivity index (χ3v) is 5.36. The molecule has 4 aromatic rings. The van der Waals surface area contributed by atoms with Crippen molar-refractivity contribution in [2.24, 2.45) is 0 Å². The number of thiophene rings is 1. The molecule has 0 aliphatic carbocycles. The molecular formula is C22H21N3O2S. The van der Waals surface area contributed by atoms with E-state index in [0.717, 1.165) is 26.9 Å². The highest BCUT2D eigenvalue weighted by atomic mass is 32.1. The Morgan fingerprint density at radius 3 is 2.46 bits per heavy atom. The number of nitrogens with zero attached hydrogens (tertiary/aromatic N) is 2. The van der Waals surface area contributed by atoms with E-state index in [2.05, 4.69) is 32.8 Å². The second-order valence-corrected chi connectivity index (χ2v) is 7.28. The van der Waals surface area contributed by atoms with Crippen LogP contribution in [0, 0.1) is 0 Å². The van der Waals surface area contributed by atoms with Crippen LogP contribution in [0.25, 0.3) is 21.3 Å². The first-order valence-corrected chi connectivity index (χ1v) is 9.93. The Morgan fingerprint density at radius 2 is 1.75 bits per heavy atom. The molecule has 142 valence electrons. The molecule has 6 heteroatoms. The molecule has 0 saturated carbocycles. The van der Waals surface area contributed by atoms with Crippen LogP contribution in [0.3, 0.4) is 0 Å². The van der Waals surface area contributed by atoms with Crippen LogP contribution in [0.5, 0.6) is 0 Å². The zero-order valence-corrected chi connectivity index (χ0v) is 16.3. The maximum Gasteiger partial charge on any atom is 0.158 e. The van der Waals surface area contributed by atoms with Crippen molar-refractivity contribution < 1.29 is 9.84 Å². The third-order valence-electron chi connectivity index (χ3n) is 4.49. The number of anilines is 1. The quantitative estimate of drug-likeness (QED) is 0.480. The molecule has 0 aliphatic heterocycles. The summed E-state index contributed by atoms with van der Waals surface area (Å²) in [6, 6.07) is 19.8. The standard InChI is InChI=1S/C22H21N3O2S/c1-27-13-19-24-21(23-12-18(26)16-10-6-3-7-11-16)20-17(14-28-22(20)25-19)15-8-4-2-5-9-15/h2-11,14,18,26H,12-13H2,1H3,(H,23,24,25). The van der Waals surface area contributed by atoms with E-state index in [-0.39, 0.29) is 0 Å². The molecular weight excluding hydrogens is 370 g/mol. The van der Waals surface area contributed by atoms with Gasteiger partial charge in [0.1, 0.15) is 17.3 Å². The van der Waals surface area contributed by atoms with Crippen molar-refractivity contribution in [3.05, 3.63) is 77.4 Å². The van der Waals surface area contributed by atoms with Crippen LogP contribution in [0.15, 0.2) is 66.0 Å². The van der Waals surface area contributed by atoms with E-state index in [0.29, 0.717) is 24.8 Å². The van der Waals surface area contributed by atoms with E-state index < -0.39 is 6.10 Å². The summed E-state index contributed by atoms with van der Waals surface area (Å²) in [5, 5.41) is 16.9. The first-order valence-electron chi connectivity index (χ1n) is 9.05. The van der Waals surface area contributed by atoms with Gasteiger partial charge in [-0.25, -0.2) is 9.97 Å². The summed E-state index contributed by atoms with van der Waals surface area (Å²) in [5.41, 5.74) is 3.07. The van der Waals surface area contributed by atoms with Gasteiger partial charge in [0.15, 0.2) is 5.82 Å². The number of aliphatic hydroxyl groups excluding tert-OH is 1. The van der Waals surface area contributed by atoms with Gasteiger partial charge in [0, 0.05) is 24.6 Å². The zero-order valence-electron chi connectivity index (χ0n) is 15.5. The monoisotopic (exact) mass is 391 g/mol. The third kappa shape index (κ3) is 3.89. The summed E-state index contributed by atoms with van der Waals surface area (Å²) in [7, 11) is 1.63. The Hall–Kier alpha value is -2.80. The Kier molecular flexibility index (Phi) is 5.62. The van der Waals surface area contributed by atoms with Gasteiger partial charge in [0.05, 0.1) is 11.5 Å². The molecule has 2 aromatic carbocycles. The molecule has 1 unspecified atom stereocenters. The highest BCUT2D eigenvalue weighted by Crippen LogP contribution is 2.37. The normalized spacial score (nSPS) is 12.2. The molecule has 1 atom stereocenters. The summed E-state index contributed by atoms with van der Waals surface area (Å²) in [5.74, 6) is 1.33. The molecule has 5 nitrogen and oxygen atoms in total. The van der Waals surface area contributed by atoms with Crippen LogP contribution in [0.2, 0.25) is 0 Å². The maximum absolute atomic E-state index is 10.5. The van der Waals surface area contributed by atoms with E-state index in [9.17, 15) is 5.11 Å². The molecule has 0 bridgehead atoms. The first-order chi connectivity index (χ1) is 13.8. The average molecular weight is 391 g/mol. The predicted molar refractivity (Wildman–Crippen MR) is 113 cm³/mol. The van der Waals surface area contributed by atoms with E-state index in [1.54, 1.807) is 18.4 Å². The highest BCUT2D eigenvalue weighted by Gasteiger charge is 2.16. The molecule has 0 amide bonds. The number of benzene rings is 2. The summed E-state index contributed by atoms with van der Waals surface area (Å²) in [4.78, 5) is 10.2. The molecule has 0 radical (unpaired) electrons. The minimum Gasteiger partial charge on any atom is -0.387 e. The molecule has 2 aromatic heterocycles. The van der Waals surface area contributed by atoms with E-state index in [1.807, 2.05) is 48.5 Å². The summed E-state index contributed by atoms with van der Waals surface area (Å²) >= 11 is 1.58. The number of rotatable bonds is 7. The van der Waals surface area contributed by atoms with E-state index in [1.165, 1.54) is 0 Å². The number of hydrogen-bond donors (Lipinski definition) is 2. The molecule has 28 heavy (non-hydrogen) atoms. The Morgan fingerprint density at radius 1 is 1.04 bits per heavy atom. The number of hydrogen-bond acceptors (Lipinski definition) is 6. The fourth-order valence-corrected chi connectivity index (χ4v) is 4.09. The first kappa shape index (κ1) is 18.6. The van der Waals surface area contributed by atoms with Crippen LogP contribution in [-0.4, -0.2) is 28.7 Å². The van der Waals surface area contributed by atoms with Crippen molar-refractivity contribution in [3.8, 4) is 11.1 Å². The lowest BCUT2D eigenvalue weighted by Crippen LogP contribution is -2.14. The number of aliphatic hydroxyl groups is 1. The second-order valence-electron chi connectivity index (χ2n) is 6.42. The highest BCUT2D eigenvalue weighted by molar-refractivity contribution is 7.17. The fourth-order valence-electron chi connectivity index (χ4n) is 3.12. The SMILES string of the molecule is COCc1nc(NCC(O)c2ccccc2)c2c(-c3ccccc3)csc2n1. The Balaban J connectivity index is 1.71. The molecule has 0 spiro atoms. The van der Waals surface area contributed by atoms with Crippen molar-refractivity contribution in [1.82, 2.24) is 9.97 Å². The lowest BCUT2D eigenvalue weighted by atomic mass is 10.1. The average Bonchev–Trinajstić information content (AvgIpc) is 3.17. The van der Waals surface area contributed by atoms with Crippen LogP contribution in [0.1, 0.15) is 17.5 Å². The van der Waals surface area contributed by atoms with Crippen molar-refractivity contribution in [2.45, 2.75) is 12.7 Å². The van der Waals surface area contributed by atoms with Gasteiger partial charge >= 0.3 is 0 Å². The van der Waals surface area contributed by atoms with Crippen LogP contribution in [0.4, 0.5) is 5.82 Å². The van der Waals surface area contributed by atoms with Crippen LogP contribution >= 0.6 is 11.3 Å². The van der Waals surface area contributed by atoms with Gasteiger partial charge in [-0.05, 0) is 11.1 Å². The van der Waals surface area contributed by atoms with Crippen LogP contribution in [-0.2, 0) is 11.3 Å². The Bertz CT molecular complexity index is 1050. The maximum atomic E-state index is 10.5. The topological polar surface area (TPSA) is 67.3 Å². The van der Waals surface area contributed by atoms with Crippen molar-refractivity contribution in [2.75, 3.05) is 19.0 Å². The van der Waals surface area contributed by atoms with Gasteiger partial charge in [-0.15, -0.1) is 11.3 Å². The minimum atomic E-state index is -0.629. The van der Waals surface area contributed by atoms with Crippen molar-refractivity contribution in [3.63, 3.8) is 0 Å². The predicted octanol–water partition coefficient (Wildman–Crippen LogP) is 4.65. The van der Waals surface area contributed by atoms with E-state index >= 15 is 0 Å². The number of nitrogens with one attached hydrogen (secondary N) is 1. The lowest BCUT2D eigenvalue weighted by molar-refractivity contribution is 0.178. The summed E-state index contributed by atoms with van der Waals surface area (Å²) < 4.78 is 5.22. The molecule has 2 N–H and O–H groups in total. The Labute approximate surface area is 167 Å². The molecule has 4 rings (SSSR count). The largest absolute Gasteiger partial charge is 0.387 e. The number of fused-ring (bicyclic) bond motifs is 1. The van der Waals surface area contributed by atoms with Gasteiger partial charge < -0.3 is 15.2 Å². The number of methoxy groups -OCH3 is 1. The number of ether oxygens (including phenoxy) is 1. The van der Waals surface area contributed by atoms with E-state index in [4.69, 9.17) is 4.74 Å². The zero-order chi connectivity index (χ0) is 19.3. The lowest BCUT2D eigenvalue weighted by Gasteiger charge is -2.14. The fraction of sp³-hybridized carbons (Fsp3) is 0.182. The van der Waals surface area contributed by atoms with Gasteiger partial charge in [-0.2, -0.15) is 0 Å². The van der Waals surface area contributed by atoms with Gasteiger partial charge in [0.25, 0.3) is 0 Å². The molecule has 0 fully saturated rings. The van der Waals surface area contributed by atoms with Gasteiger partial charge in [-0.3, -0.25) is 0 Å². The molecule has 2 heterocycles. The van der Waals surface area contributed by atoms with Crippen molar-refractivity contribution in [1.29, 1.82) is 0 Å². The smallest absolute Gasteiger partial charge is 0.158 e. The summed E-state index contributed by atoms with van der Waals surface area (Å²) in [6.45, 7) is 0.692. The second kappa shape index (κ2) is 8.48.